The van der Waals surface area contributed by atoms with Crippen LogP contribution < -0.4 is 10.6 Å². The van der Waals surface area contributed by atoms with Crippen molar-refractivity contribution in [2.75, 3.05) is 18.0 Å². The Morgan fingerprint density at radius 1 is 1.27 bits per heavy atom. The lowest BCUT2D eigenvalue weighted by molar-refractivity contribution is -0.122. The molecule has 3 rings (SSSR count). The number of hydrogen-bond donors (Lipinski definition) is 1. The monoisotopic (exact) mass is 296 g/mol. The van der Waals surface area contributed by atoms with Crippen molar-refractivity contribution in [1.29, 1.82) is 0 Å². The lowest BCUT2D eigenvalue weighted by atomic mass is 9.98. The first-order valence-electron chi connectivity index (χ1n) is 7.53. The van der Waals surface area contributed by atoms with Crippen LogP contribution in [0.1, 0.15) is 18.3 Å². The second-order valence-electron chi connectivity index (χ2n) is 5.88. The molecule has 1 aromatic carbocycles. The van der Waals surface area contributed by atoms with Gasteiger partial charge in [0.05, 0.1) is 5.92 Å². The topological polar surface area (TPSA) is 72.1 Å². The number of benzene rings is 1. The number of aromatic nitrogens is 2. The third kappa shape index (κ3) is 3.08. The Bertz CT molecular complexity index is 659. The Morgan fingerprint density at radius 3 is 2.73 bits per heavy atom. The lowest BCUT2D eigenvalue weighted by Gasteiger charge is -2.17. The molecule has 0 radical (unpaired) electrons. The molecule has 1 aliphatic rings. The van der Waals surface area contributed by atoms with Crippen LogP contribution in [0, 0.1) is 11.8 Å². The van der Waals surface area contributed by atoms with E-state index in [4.69, 9.17) is 5.73 Å². The quantitative estimate of drug-likeness (QED) is 0.930. The van der Waals surface area contributed by atoms with Gasteiger partial charge in [-0.1, -0.05) is 37.3 Å². The van der Waals surface area contributed by atoms with Crippen molar-refractivity contribution in [3.05, 3.63) is 54.0 Å². The van der Waals surface area contributed by atoms with Crippen molar-refractivity contribution in [1.82, 2.24) is 9.97 Å². The van der Waals surface area contributed by atoms with Crippen LogP contribution in [0.15, 0.2) is 42.6 Å². The standard InChI is InChI=1S/C17H20N4O/c1-12-10-21(11-14(12)17(18)22)16-7-8-19-15(20-16)9-13-5-3-2-4-6-13/h2-8,12,14H,9-11H2,1H3,(H2,18,22)/t12-,14-/m1/s1. The molecule has 0 saturated carbocycles. The normalized spacial score (nSPS) is 21.0. The first-order chi connectivity index (χ1) is 10.6. The van der Waals surface area contributed by atoms with E-state index >= 15 is 0 Å². The maximum absolute atomic E-state index is 11.5. The molecule has 5 nitrogen and oxygen atoms in total. The highest BCUT2D eigenvalue weighted by Gasteiger charge is 2.34. The van der Waals surface area contributed by atoms with Gasteiger partial charge >= 0.3 is 0 Å². The molecule has 0 unspecified atom stereocenters. The Labute approximate surface area is 130 Å². The van der Waals surface area contributed by atoms with Crippen molar-refractivity contribution >= 4 is 11.7 Å². The summed E-state index contributed by atoms with van der Waals surface area (Å²) in [7, 11) is 0. The number of primary amides is 1. The summed E-state index contributed by atoms with van der Waals surface area (Å²) in [5.41, 5.74) is 6.65. The van der Waals surface area contributed by atoms with E-state index in [2.05, 4.69) is 33.9 Å². The Hall–Kier alpha value is -2.43. The number of carbonyl (C=O) groups excluding carboxylic acids is 1. The zero-order valence-electron chi connectivity index (χ0n) is 12.6. The Morgan fingerprint density at radius 2 is 2.05 bits per heavy atom. The minimum Gasteiger partial charge on any atom is -0.369 e. The summed E-state index contributed by atoms with van der Waals surface area (Å²) in [5.74, 6) is 1.58. The van der Waals surface area contributed by atoms with Crippen molar-refractivity contribution in [2.45, 2.75) is 13.3 Å². The van der Waals surface area contributed by atoms with E-state index in [-0.39, 0.29) is 17.7 Å². The van der Waals surface area contributed by atoms with Gasteiger partial charge in [-0.3, -0.25) is 4.79 Å². The molecular formula is C17H20N4O. The molecule has 1 amide bonds. The molecule has 5 heteroatoms. The number of nitrogens with two attached hydrogens (primary N) is 1. The maximum atomic E-state index is 11.5. The molecule has 114 valence electrons. The van der Waals surface area contributed by atoms with Crippen LogP contribution in [0.25, 0.3) is 0 Å². The molecule has 1 saturated heterocycles. The van der Waals surface area contributed by atoms with Crippen LogP contribution in [0.5, 0.6) is 0 Å². The van der Waals surface area contributed by atoms with E-state index in [0.29, 0.717) is 13.0 Å². The first-order valence-corrected chi connectivity index (χ1v) is 7.53. The summed E-state index contributed by atoms with van der Waals surface area (Å²) < 4.78 is 0. The third-order valence-electron chi connectivity index (χ3n) is 4.20. The van der Waals surface area contributed by atoms with Crippen LogP contribution in [-0.2, 0) is 11.2 Å². The van der Waals surface area contributed by atoms with E-state index in [9.17, 15) is 4.79 Å². The SMILES string of the molecule is C[C@@H]1CN(c2ccnc(Cc3ccccc3)n2)C[C@H]1C(N)=O. The third-order valence-corrected chi connectivity index (χ3v) is 4.20. The molecule has 2 atom stereocenters. The molecule has 2 heterocycles. The fourth-order valence-corrected chi connectivity index (χ4v) is 2.95. The average molecular weight is 296 g/mol. The van der Waals surface area contributed by atoms with Gasteiger partial charge in [0.25, 0.3) is 0 Å². The molecular weight excluding hydrogens is 276 g/mol. The molecule has 22 heavy (non-hydrogen) atoms. The maximum Gasteiger partial charge on any atom is 0.222 e. The summed E-state index contributed by atoms with van der Waals surface area (Å²) in [6.45, 7) is 3.50. The average Bonchev–Trinajstić information content (AvgIpc) is 2.91. The zero-order valence-corrected chi connectivity index (χ0v) is 12.6. The van der Waals surface area contributed by atoms with E-state index in [1.54, 1.807) is 6.20 Å². The smallest absolute Gasteiger partial charge is 0.222 e. The van der Waals surface area contributed by atoms with Gasteiger partial charge in [0.1, 0.15) is 11.6 Å². The number of carbonyl (C=O) groups is 1. The van der Waals surface area contributed by atoms with Gasteiger partial charge in [-0.25, -0.2) is 9.97 Å². The Balaban J connectivity index is 1.76. The van der Waals surface area contributed by atoms with Crippen LogP contribution >= 0.6 is 0 Å². The molecule has 1 fully saturated rings. The van der Waals surface area contributed by atoms with Crippen molar-refractivity contribution < 1.29 is 4.79 Å². The van der Waals surface area contributed by atoms with Gasteiger partial charge in [-0.2, -0.15) is 0 Å². The van der Waals surface area contributed by atoms with E-state index in [1.165, 1.54) is 5.56 Å². The molecule has 1 aromatic heterocycles. The van der Waals surface area contributed by atoms with Gasteiger partial charge in [0.15, 0.2) is 0 Å². The molecule has 0 aliphatic carbocycles. The minimum absolute atomic E-state index is 0.104. The number of anilines is 1. The zero-order chi connectivity index (χ0) is 15.5. The summed E-state index contributed by atoms with van der Waals surface area (Å²) in [6.07, 6.45) is 2.49. The second kappa shape index (κ2) is 6.13. The van der Waals surface area contributed by atoms with Gasteiger partial charge in [-0.05, 0) is 17.5 Å². The number of hydrogen-bond acceptors (Lipinski definition) is 4. The molecule has 0 bridgehead atoms. The van der Waals surface area contributed by atoms with Gasteiger partial charge in [0, 0.05) is 25.7 Å². The van der Waals surface area contributed by atoms with Gasteiger partial charge in [-0.15, -0.1) is 0 Å². The van der Waals surface area contributed by atoms with Crippen molar-refractivity contribution in [3.63, 3.8) is 0 Å². The van der Waals surface area contributed by atoms with Crippen molar-refractivity contribution in [2.24, 2.45) is 17.6 Å². The fraction of sp³-hybridized carbons (Fsp3) is 0.353. The van der Waals surface area contributed by atoms with Crippen LogP contribution in [-0.4, -0.2) is 29.0 Å². The highest BCUT2D eigenvalue weighted by Crippen LogP contribution is 2.26. The summed E-state index contributed by atoms with van der Waals surface area (Å²) in [6, 6.07) is 12.0. The second-order valence-corrected chi connectivity index (χ2v) is 5.88. The predicted molar refractivity (Wildman–Crippen MR) is 85.3 cm³/mol. The first kappa shape index (κ1) is 14.5. The number of nitrogens with zero attached hydrogens (tertiary/aromatic N) is 3. The van der Waals surface area contributed by atoms with E-state index in [0.717, 1.165) is 18.2 Å². The van der Waals surface area contributed by atoms with Crippen LogP contribution in [0.4, 0.5) is 5.82 Å². The minimum atomic E-state index is -0.228. The molecule has 0 spiro atoms. The highest BCUT2D eigenvalue weighted by molar-refractivity contribution is 5.78. The van der Waals surface area contributed by atoms with Crippen LogP contribution in [0.2, 0.25) is 0 Å². The molecule has 2 N–H and O–H groups in total. The number of amides is 1. The summed E-state index contributed by atoms with van der Waals surface area (Å²) >= 11 is 0. The van der Waals surface area contributed by atoms with Gasteiger partial charge in [0.2, 0.25) is 5.91 Å². The largest absolute Gasteiger partial charge is 0.369 e. The summed E-state index contributed by atoms with van der Waals surface area (Å²) in [4.78, 5) is 22.6. The molecule has 1 aliphatic heterocycles. The van der Waals surface area contributed by atoms with Crippen LogP contribution in [0.3, 0.4) is 0 Å². The fourth-order valence-electron chi connectivity index (χ4n) is 2.95. The van der Waals surface area contributed by atoms with E-state index < -0.39 is 0 Å². The number of rotatable bonds is 4. The Kier molecular flexibility index (Phi) is 4.04. The van der Waals surface area contributed by atoms with Gasteiger partial charge < -0.3 is 10.6 Å². The molecule has 2 aromatic rings. The van der Waals surface area contributed by atoms with E-state index in [1.807, 2.05) is 24.3 Å². The summed E-state index contributed by atoms with van der Waals surface area (Å²) in [5, 5.41) is 0. The highest BCUT2D eigenvalue weighted by atomic mass is 16.1. The predicted octanol–water partition coefficient (Wildman–Crippen LogP) is 1.62. The lowest BCUT2D eigenvalue weighted by Crippen LogP contribution is -2.29. The van der Waals surface area contributed by atoms with Crippen molar-refractivity contribution in [3.8, 4) is 0 Å².